The van der Waals surface area contributed by atoms with Gasteiger partial charge in [-0.25, -0.2) is 4.79 Å². The Bertz CT molecular complexity index is 617. The molecule has 3 amide bonds. The molecule has 1 saturated carbocycles. The number of hydrogen-bond acceptors (Lipinski definition) is 3. The van der Waals surface area contributed by atoms with Gasteiger partial charge in [0.15, 0.2) is 5.11 Å². The highest BCUT2D eigenvalue weighted by Gasteiger charge is 2.52. The van der Waals surface area contributed by atoms with Crippen LogP contribution in [-0.2, 0) is 10.3 Å². The second-order valence-electron chi connectivity index (χ2n) is 5.56. The van der Waals surface area contributed by atoms with Gasteiger partial charge < -0.3 is 10.6 Å². The summed E-state index contributed by atoms with van der Waals surface area (Å²) in [6, 6.07) is 9.11. The quantitative estimate of drug-likeness (QED) is 0.578. The van der Waals surface area contributed by atoms with E-state index in [1.807, 2.05) is 37.3 Å². The first-order valence-corrected chi connectivity index (χ1v) is 7.77. The molecule has 0 unspecified atom stereocenters. The second-order valence-corrected chi connectivity index (χ2v) is 5.96. The number of nitrogens with one attached hydrogen (secondary N) is 3. The van der Waals surface area contributed by atoms with Crippen LogP contribution in [0.2, 0.25) is 0 Å². The van der Waals surface area contributed by atoms with Crippen LogP contribution in [0.1, 0.15) is 31.7 Å². The zero-order valence-electron chi connectivity index (χ0n) is 12.3. The third-order valence-corrected chi connectivity index (χ3v) is 4.22. The minimum atomic E-state index is -1.04. The largest absolute Gasteiger partial charge is 0.359 e. The number of nitrogens with zero attached hydrogens (tertiary/aromatic N) is 1. The van der Waals surface area contributed by atoms with Gasteiger partial charge in [-0.3, -0.25) is 10.2 Å². The number of carbonyl (C=O) groups excluding carboxylic acids is 2. The molecule has 2 aliphatic rings. The van der Waals surface area contributed by atoms with Gasteiger partial charge in [0.25, 0.3) is 5.91 Å². The summed E-state index contributed by atoms with van der Waals surface area (Å²) in [4.78, 5) is 25.0. The van der Waals surface area contributed by atoms with Crippen LogP contribution in [0.15, 0.2) is 30.3 Å². The second kappa shape index (κ2) is 5.57. The van der Waals surface area contributed by atoms with Crippen LogP contribution in [0.3, 0.4) is 0 Å². The molecule has 1 heterocycles. The average molecular weight is 318 g/mol. The molecule has 0 bridgehead atoms. The third kappa shape index (κ3) is 2.52. The monoisotopic (exact) mass is 318 g/mol. The molecular formula is C15H18N4O2S. The molecule has 1 aromatic carbocycles. The number of hydrazine groups is 1. The molecule has 0 radical (unpaired) electrons. The molecule has 1 aromatic rings. The maximum Gasteiger partial charge on any atom is 0.344 e. The summed E-state index contributed by atoms with van der Waals surface area (Å²) in [5.41, 5.74) is 2.42. The number of imide groups is 1. The van der Waals surface area contributed by atoms with Gasteiger partial charge in [0.2, 0.25) is 0 Å². The summed E-state index contributed by atoms with van der Waals surface area (Å²) in [5.74, 6) is -0.342. The molecule has 1 aliphatic heterocycles. The van der Waals surface area contributed by atoms with Gasteiger partial charge in [-0.1, -0.05) is 37.3 Å². The van der Waals surface area contributed by atoms with E-state index >= 15 is 0 Å². The Balaban J connectivity index is 1.81. The van der Waals surface area contributed by atoms with Crippen molar-refractivity contribution in [2.24, 2.45) is 0 Å². The van der Waals surface area contributed by atoms with Crippen molar-refractivity contribution in [1.82, 2.24) is 21.1 Å². The van der Waals surface area contributed by atoms with Gasteiger partial charge in [0.05, 0.1) is 0 Å². The van der Waals surface area contributed by atoms with Gasteiger partial charge in [-0.15, -0.1) is 0 Å². The van der Waals surface area contributed by atoms with E-state index in [0.29, 0.717) is 17.6 Å². The summed E-state index contributed by atoms with van der Waals surface area (Å²) >= 11 is 5.14. The van der Waals surface area contributed by atoms with Gasteiger partial charge in [-0.2, -0.15) is 5.01 Å². The maximum absolute atomic E-state index is 12.8. The van der Waals surface area contributed by atoms with Gasteiger partial charge in [0, 0.05) is 6.04 Å². The van der Waals surface area contributed by atoms with Crippen molar-refractivity contribution in [3.8, 4) is 0 Å². The zero-order valence-corrected chi connectivity index (χ0v) is 13.1. The van der Waals surface area contributed by atoms with Crippen LogP contribution in [0, 0.1) is 0 Å². The summed E-state index contributed by atoms with van der Waals surface area (Å²) in [6.07, 6.45) is 2.58. The predicted octanol–water partition coefficient (Wildman–Crippen LogP) is 1.39. The van der Waals surface area contributed by atoms with Crippen LogP contribution in [0.5, 0.6) is 0 Å². The number of hydrogen-bond donors (Lipinski definition) is 3. The third-order valence-electron chi connectivity index (χ3n) is 4.01. The van der Waals surface area contributed by atoms with Gasteiger partial charge >= 0.3 is 6.03 Å². The normalized spacial score (nSPS) is 24.1. The molecule has 22 heavy (non-hydrogen) atoms. The SMILES string of the molecule is CC[C@@]1(c2ccccc2)NC(=O)N(NC(=S)NC2CC2)C1=O. The van der Waals surface area contributed by atoms with Crippen molar-refractivity contribution in [2.45, 2.75) is 37.8 Å². The van der Waals surface area contributed by atoms with Crippen molar-refractivity contribution in [1.29, 1.82) is 0 Å². The average Bonchev–Trinajstić information content (AvgIpc) is 3.30. The summed E-state index contributed by atoms with van der Waals surface area (Å²) in [5, 5.41) is 7.11. The topological polar surface area (TPSA) is 73.5 Å². The lowest BCUT2D eigenvalue weighted by molar-refractivity contribution is -0.133. The predicted molar refractivity (Wildman–Crippen MR) is 85.7 cm³/mol. The van der Waals surface area contributed by atoms with Crippen LogP contribution in [-0.4, -0.2) is 28.1 Å². The molecule has 6 nitrogen and oxygen atoms in total. The highest BCUT2D eigenvalue weighted by atomic mass is 32.1. The van der Waals surface area contributed by atoms with E-state index in [1.54, 1.807) is 0 Å². The highest BCUT2D eigenvalue weighted by molar-refractivity contribution is 7.80. The molecule has 2 fully saturated rings. The summed E-state index contributed by atoms with van der Waals surface area (Å²) < 4.78 is 0. The Kier molecular flexibility index (Phi) is 3.74. The number of rotatable bonds is 4. The minimum Gasteiger partial charge on any atom is -0.359 e. The first-order chi connectivity index (χ1) is 10.6. The van der Waals surface area contributed by atoms with Crippen molar-refractivity contribution >= 4 is 29.3 Å². The van der Waals surface area contributed by atoms with Crippen LogP contribution < -0.4 is 16.1 Å². The van der Waals surface area contributed by atoms with Crippen molar-refractivity contribution in [3.05, 3.63) is 35.9 Å². The molecule has 0 spiro atoms. The van der Waals surface area contributed by atoms with Crippen LogP contribution in [0.4, 0.5) is 4.79 Å². The Labute approximate surface area is 134 Å². The van der Waals surface area contributed by atoms with Crippen molar-refractivity contribution in [3.63, 3.8) is 0 Å². The number of thiocarbonyl (C=S) groups is 1. The molecule has 0 aromatic heterocycles. The van der Waals surface area contributed by atoms with Crippen LogP contribution >= 0.6 is 12.2 Å². The standard InChI is InChI=1S/C15H18N4O2S/c1-2-15(10-6-4-3-5-7-10)12(20)19(14(21)17-15)18-13(22)16-11-8-9-11/h3-7,11H,2,8-9H2,1H3,(H,17,21)(H2,16,18,22)/t15-/m0/s1. The molecule has 7 heteroatoms. The molecule has 116 valence electrons. The fourth-order valence-electron chi connectivity index (χ4n) is 2.59. The van der Waals surface area contributed by atoms with Crippen molar-refractivity contribution in [2.75, 3.05) is 0 Å². The van der Waals surface area contributed by atoms with Crippen molar-refractivity contribution < 1.29 is 9.59 Å². The van der Waals surface area contributed by atoms with E-state index in [0.717, 1.165) is 23.4 Å². The van der Waals surface area contributed by atoms with Crippen LogP contribution in [0.25, 0.3) is 0 Å². The Morgan fingerprint density at radius 2 is 2.05 bits per heavy atom. The molecule has 3 rings (SSSR count). The number of benzene rings is 1. The lowest BCUT2D eigenvalue weighted by Gasteiger charge is -2.25. The molecule has 1 atom stereocenters. The fraction of sp³-hybridized carbons (Fsp3) is 0.400. The molecular weight excluding hydrogens is 300 g/mol. The van der Waals surface area contributed by atoms with Gasteiger partial charge in [0.1, 0.15) is 5.54 Å². The van der Waals surface area contributed by atoms with Gasteiger partial charge in [-0.05, 0) is 37.0 Å². The van der Waals surface area contributed by atoms with E-state index < -0.39 is 11.6 Å². The number of carbonyl (C=O) groups is 2. The minimum absolute atomic E-state index is 0.297. The van der Waals surface area contributed by atoms with E-state index in [4.69, 9.17) is 12.2 Å². The van der Waals surface area contributed by atoms with E-state index in [1.165, 1.54) is 0 Å². The molecule has 1 saturated heterocycles. The van der Waals surface area contributed by atoms with E-state index in [-0.39, 0.29) is 5.91 Å². The Morgan fingerprint density at radius 3 is 2.64 bits per heavy atom. The lowest BCUT2D eigenvalue weighted by Crippen LogP contribution is -2.51. The Hall–Kier alpha value is -2.15. The molecule has 1 aliphatic carbocycles. The summed E-state index contributed by atoms with van der Waals surface area (Å²) in [6.45, 7) is 1.87. The number of urea groups is 1. The summed E-state index contributed by atoms with van der Waals surface area (Å²) in [7, 11) is 0. The van der Waals surface area contributed by atoms with E-state index in [9.17, 15) is 9.59 Å². The zero-order chi connectivity index (χ0) is 15.7. The first kappa shape index (κ1) is 14.8. The first-order valence-electron chi connectivity index (χ1n) is 7.36. The smallest absolute Gasteiger partial charge is 0.344 e. The Morgan fingerprint density at radius 1 is 1.36 bits per heavy atom. The maximum atomic E-state index is 12.8. The number of amides is 3. The lowest BCUT2D eigenvalue weighted by atomic mass is 9.87. The highest BCUT2D eigenvalue weighted by Crippen LogP contribution is 2.31. The van der Waals surface area contributed by atoms with E-state index in [2.05, 4.69) is 16.1 Å². The fourth-order valence-corrected chi connectivity index (χ4v) is 2.84. The molecule has 3 N–H and O–H groups in total.